The van der Waals surface area contributed by atoms with E-state index >= 15 is 0 Å². The summed E-state index contributed by atoms with van der Waals surface area (Å²) in [6, 6.07) is 4.93. The lowest BCUT2D eigenvalue weighted by Crippen LogP contribution is -2.08. The molecule has 4 heteroatoms. The normalized spacial score (nSPS) is 10.3. The Kier molecular flexibility index (Phi) is 7.55. The molecule has 0 heterocycles. The van der Waals surface area contributed by atoms with Gasteiger partial charge in [0.25, 0.3) is 0 Å². The second-order valence-electron chi connectivity index (χ2n) is 4.86. The zero-order valence-corrected chi connectivity index (χ0v) is 12.5. The minimum Gasteiger partial charge on any atom is -0.496 e. The van der Waals surface area contributed by atoms with Crippen molar-refractivity contribution in [3.05, 3.63) is 23.8 Å². The van der Waals surface area contributed by atoms with E-state index in [9.17, 15) is 4.79 Å². The highest BCUT2D eigenvalue weighted by Gasteiger charge is 2.13. The Hall–Kier alpha value is -1.71. The summed E-state index contributed by atoms with van der Waals surface area (Å²) >= 11 is 0. The Morgan fingerprint density at radius 1 is 1.15 bits per heavy atom. The molecule has 1 aromatic rings. The number of esters is 1. The first-order valence-corrected chi connectivity index (χ1v) is 7.29. The number of hydrogen-bond donors (Lipinski definition) is 1. The quantitative estimate of drug-likeness (QED) is 0.424. The highest BCUT2D eigenvalue weighted by atomic mass is 16.5. The molecule has 4 nitrogen and oxygen atoms in total. The minimum atomic E-state index is -0.351. The number of nitrogens with two attached hydrogens (primary N) is 1. The lowest BCUT2D eigenvalue weighted by Gasteiger charge is -2.09. The summed E-state index contributed by atoms with van der Waals surface area (Å²) in [6.07, 6.45) is 7.00. The van der Waals surface area contributed by atoms with Crippen LogP contribution in [0, 0.1) is 0 Å². The van der Waals surface area contributed by atoms with Gasteiger partial charge in [-0.1, -0.05) is 39.0 Å². The summed E-state index contributed by atoms with van der Waals surface area (Å²) in [7, 11) is 1.51. The van der Waals surface area contributed by atoms with Crippen LogP contribution in [0.15, 0.2) is 18.2 Å². The third kappa shape index (κ3) is 5.51. The van der Waals surface area contributed by atoms with E-state index in [0.29, 0.717) is 23.6 Å². The Morgan fingerprint density at radius 2 is 1.85 bits per heavy atom. The first-order chi connectivity index (χ1) is 9.69. The van der Waals surface area contributed by atoms with Gasteiger partial charge < -0.3 is 15.2 Å². The Morgan fingerprint density at radius 3 is 2.55 bits per heavy atom. The average Bonchev–Trinajstić information content (AvgIpc) is 2.45. The van der Waals surface area contributed by atoms with Gasteiger partial charge in [0, 0.05) is 11.8 Å². The molecule has 2 N–H and O–H groups in total. The largest absolute Gasteiger partial charge is 0.496 e. The molecule has 112 valence electrons. The van der Waals surface area contributed by atoms with Gasteiger partial charge in [-0.25, -0.2) is 4.79 Å². The second kappa shape index (κ2) is 9.23. The molecule has 0 unspecified atom stereocenters. The zero-order valence-electron chi connectivity index (χ0n) is 12.5. The fourth-order valence-electron chi connectivity index (χ4n) is 2.00. The molecule has 0 amide bonds. The Bertz CT molecular complexity index is 418. The smallest absolute Gasteiger partial charge is 0.341 e. The van der Waals surface area contributed by atoms with E-state index in [4.69, 9.17) is 15.2 Å². The molecular formula is C16H25NO3. The summed E-state index contributed by atoms with van der Waals surface area (Å²) in [5.74, 6) is 0.105. The maximum Gasteiger partial charge on any atom is 0.341 e. The van der Waals surface area contributed by atoms with Gasteiger partial charge in [0.2, 0.25) is 0 Å². The van der Waals surface area contributed by atoms with Crippen molar-refractivity contribution in [1.82, 2.24) is 0 Å². The first-order valence-electron chi connectivity index (χ1n) is 7.29. The van der Waals surface area contributed by atoms with Gasteiger partial charge in [-0.05, 0) is 18.6 Å². The molecule has 0 fully saturated rings. The molecule has 0 aliphatic rings. The first kappa shape index (κ1) is 16.3. The molecule has 0 atom stereocenters. The van der Waals surface area contributed by atoms with Gasteiger partial charge >= 0.3 is 5.97 Å². The van der Waals surface area contributed by atoms with Crippen molar-refractivity contribution >= 4 is 11.7 Å². The molecule has 1 aromatic carbocycles. The number of unbranched alkanes of at least 4 members (excludes halogenated alkanes) is 5. The summed E-state index contributed by atoms with van der Waals surface area (Å²) < 4.78 is 10.4. The molecule has 0 bridgehead atoms. The van der Waals surface area contributed by atoms with Gasteiger partial charge in [0.15, 0.2) is 0 Å². The Labute approximate surface area is 121 Å². The molecule has 20 heavy (non-hydrogen) atoms. The number of carbonyl (C=O) groups is 1. The van der Waals surface area contributed by atoms with E-state index in [1.54, 1.807) is 18.2 Å². The highest BCUT2D eigenvalue weighted by molar-refractivity contribution is 5.93. The van der Waals surface area contributed by atoms with E-state index in [0.717, 1.165) is 12.8 Å². The topological polar surface area (TPSA) is 61.5 Å². The Balaban J connectivity index is 2.32. The van der Waals surface area contributed by atoms with Crippen LogP contribution in [0.25, 0.3) is 0 Å². The average molecular weight is 279 g/mol. The molecule has 0 radical (unpaired) electrons. The predicted molar refractivity (Wildman–Crippen MR) is 81.1 cm³/mol. The van der Waals surface area contributed by atoms with E-state index in [1.165, 1.54) is 32.8 Å². The van der Waals surface area contributed by atoms with E-state index < -0.39 is 0 Å². The number of hydrogen-bond acceptors (Lipinski definition) is 4. The van der Waals surface area contributed by atoms with Crippen molar-refractivity contribution in [1.29, 1.82) is 0 Å². The maximum atomic E-state index is 11.9. The fraction of sp³-hybridized carbons (Fsp3) is 0.562. The van der Waals surface area contributed by atoms with Crippen molar-refractivity contribution in [2.45, 2.75) is 45.4 Å². The standard InChI is InChI=1S/C16H25NO3/c1-3-4-5-6-7-8-11-20-16(18)14-10-9-13(17)12-15(14)19-2/h9-10,12H,3-8,11,17H2,1-2H3. The number of rotatable bonds is 9. The van der Waals surface area contributed by atoms with E-state index in [1.807, 2.05) is 0 Å². The fourth-order valence-corrected chi connectivity index (χ4v) is 2.00. The van der Waals surface area contributed by atoms with Crippen molar-refractivity contribution in [2.24, 2.45) is 0 Å². The van der Waals surface area contributed by atoms with Crippen molar-refractivity contribution in [3.63, 3.8) is 0 Å². The molecule has 0 saturated carbocycles. The number of benzene rings is 1. The van der Waals surface area contributed by atoms with Gasteiger partial charge in [-0.3, -0.25) is 0 Å². The molecule has 0 aromatic heterocycles. The monoisotopic (exact) mass is 279 g/mol. The van der Waals surface area contributed by atoms with Crippen LogP contribution >= 0.6 is 0 Å². The summed E-state index contributed by atoms with van der Waals surface area (Å²) in [5, 5.41) is 0. The molecule has 1 rings (SSSR count). The van der Waals surface area contributed by atoms with Gasteiger partial charge in [-0.2, -0.15) is 0 Å². The van der Waals surface area contributed by atoms with Crippen LogP contribution in [0.1, 0.15) is 55.8 Å². The molecule has 0 aliphatic carbocycles. The van der Waals surface area contributed by atoms with Crippen molar-refractivity contribution < 1.29 is 14.3 Å². The van der Waals surface area contributed by atoms with Crippen molar-refractivity contribution in [3.8, 4) is 5.75 Å². The van der Waals surface area contributed by atoms with Crippen LogP contribution in [-0.4, -0.2) is 19.7 Å². The van der Waals surface area contributed by atoms with Gasteiger partial charge in [0.1, 0.15) is 11.3 Å². The van der Waals surface area contributed by atoms with Crippen LogP contribution in [0.5, 0.6) is 5.75 Å². The number of ether oxygens (including phenoxy) is 2. The van der Waals surface area contributed by atoms with Crippen LogP contribution in [0.3, 0.4) is 0 Å². The molecular weight excluding hydrogens is 254 g/mol. The minimum absolute atomic E-state index is 0.351. The van der Waals surface area contributed by atoms with Gasteiger partial charge in [0.05, 0.1) is 13.7 Å². The van der Waals surface area contributed by atoms with Crippen LogP contribution in [0.4, 0.5) is 5.69 Å². The number of anilines is 1. The van der Waals surface area contributed by atoms with E-state index in [2.05, 4.69) is 6.92 Å². The molecule has 0 saturated heterocycles. The summed E-state index contributed by atoms with van der Waals surface area (Å²) in [6.45, 7) is 2.65. The predicted octanol–water partition coefficient (Wildman–Crippen LogP) is 3.79. The summed E-state index contributed by atoms with van der Waals surface area (Å²) in [5.41, 5.74) is 6.64. The third-order valence-electron chi connectivity index (χ3n) is 3.18. The maximum absolute atomic E-state index is 11.9. The lowest BCUT2D eigenvalue weighted by molar-refractivity contribution is 0.0494. The highest BCUT2D eigenvalue weighted by Crippen LogP contribution is 2.22. The third-order valence-corrected chi connectivity index (χ3v) is 3.18. The van der Waals surface area contributed by atoms with Gasteiger partial charge in [-0.15, -0.1) is 0 Å². The van der Waals surface area contributed by atoms with Crippen LogP contribution in [-0.2, 0) is 4.74 Å². The number of nitrogen functional groups attached to an aromatic ring is 1. The second-order valence-corrected chi connectivity index (χ2v) is 4.86. The SMILES string of the molecule is CCCCCCCCOC(=O)c1ccc(N)cc1OC. The van der Waals surface area contributed by atoms with Crippen molar-refractivity contribution in [2.75, 3.05) is 19.5 Å². The van der Waals surface area contributed by atoms with Crippen LogP contribution < -0.4 is 10.5 Å². The lowest BCUT2D eigenvalue weighted by atomic mass is 10.1. The molecule has 0 aliphatic heterocycles. The number of carbonyl (C=O) groups excluding carboxylic acids is 1. The number of methoxy groups -OCH3 is 1. The van der Waals surface area contributed by atoms with E-state index in [-0.39, 0.29) is 5.97 Å². The van der Waals surface area contributed by atoms with Crippen LogP contribution in [0.2, 0.25) is 0 Å². The zero-order chi connectivity index (χ0) is 14.8. The summed E-state index contributed by atoms with van der Waals surface area (Å²) in [4.78, 5) is 11.9. The molecule has 0 spiro atoms.